The summed E-state index contributed by atoms with van der Waals surface area (Å²) in [4.78, 5) is 17.9. The largest absolute Gasteiger partial charge is 0.506 e. The van der Waals surface area contributed by atoms with Crippen LogP contribution in [0.4, 0.5) is 5.69 Å². The van der Waals surface area contributed by atoms with E-state index in [0.717, 1.165) is 25.7 Å². The highest BCUT2D eigenvalue weighted by atomic mass is 32.2. The van der Waals surface area contributed by atoms with Crippen LogP contribution in [-0.4, -0.2) is 35.1 Å². The van der Waals surface area contributed by atoms with E-state index in [9.17, 15) is 18.3 Å². The molecule has 1 aliphatic rings. The van der Waals surface area contributed by atoms with E-state index >= 15 is 0 Å². The molecular weight excluding hydrogens is 430 g/mol. The molecule has 0 saturated heterocycles. The third-order valence-electron chi connectivity index (χ3n) is 5.36. The number of para-hydroxylation sites is 1. The zero-order valence-electron chi connectivity index (χ0n) is 17.9. The van der Waals surface area contributed by atoms with Crippen LogP contribution in [-0.2, 0) is 10.0 Å². The summed E-state index contributed by atoms with van der Waals surface area (Å²) >= 11 is 0. The zero-order valence-corrected chi connectivity index (χ0v) is 18.7. The number of aromatic hydroxyl groups is 1. The molecule has 3 N–H and O–H groups in total. The highest BCUT2D eigenvalue weighted by Crippen LogP contribution is 2.31. The molecule has 0 amide bonds. The second-order valence-electron chi connectivity index (χ2n) is 7.68. The molecule has 3 aromatic rings. The van der Waals surface area contributed by atoms with E-state index in [0.29, 0.717) is 5.39 Å². The summed E-state index contributed by atoms with van der Waals surface area (Å²) < 4.78 is 30.6. The monoisotopic (exact) mass is 455 g/mol. The highest BCUT2D eigenvalue weighted by Gasteiger charge is 2.30. The van der Waals surface area contributed by atoms with Gasteiger partial charge in [-0.15, -0.1) is 4.40 Å². The van der Waals surface area contributed by atoms with Crippen molar-refractivity contribution in [1.29, 1.82) is 0 Å². The van der Waals surface area contributed by atoms with Crippen LogP contribution < -0.4 is 16.3 Å². The van der Waals surface area contributed by atoms with Gasteiger partial charge in [-0.2, -0.15) is 8.42 Å². The van der Waals surface area contributed by atoms with Crippen molar-refractivity contribution in [2.24, 2.45) is 4.40 Å². The molecule has 32 heavy (non-hydrogen) atoms. The van der Waals surface area contributed by atoms with Crippen LogP contribution >= 0.6 is 0 Å². The molecule has 4 rings (SSSR count). The average molecular weight is 456 g/mol. The lowest BCUT2D eigenvalue weighted by Crippen LogP contribution is -2.40. The van der Waals surface area contributed by atoms with Crippen molar-refractivity contribution in [3.63, 3.8) is 0 Å². The second kappa shape index (κ2) is 8.62. The predicted octanol–water partition coefficient (Wildman–Crippen LogP) is 3.18. The van der Waals surface area contributed by atoms with Crippen LogP contribution in [0, 0.1) is 0 Å². The van der Waals surface area contributed by atoms with Gasteiger partial charge >= 0.3 is 0 Å². The summed E-state index contributed by atoms with van der Waals surface area (Å²) in [5, 5.41) is 14.2. The number of hydrogen-bond donors (Lipinski definition) is 3. The Morgan fingerprint density at radius 2 is 1.84 bits per heavy atom. The van der Waals surface area contributed by atoms with E-state index < -0.39 is 15.6 Å². The second-order valence-corrected chi connectivity index (χ2v) is 9.25. The van der Waals surface area contributed by atoms with Gasteiger partial charge in [0.2, 0.25) is 0 Å². The Morgan fingerprint density at radius 3 is 2.56 bits per heavy atom. The lowest BCUT2D eigenvalue weighted by molar-refractivity contribution is 0.476. The fourth-order valence-electron chi connectivity index (χ4n) is 3.91. The number of anilines is 1. The molecule has 2 aromatic heterocycles. The molecule has 1 aliphatic heterocycles. The van der Waals surface area contributed by atoms with Gasteiger partial charge in [-0.1, -0.05) is 38.8 Å². The number of aromatic nitrogens is 2. The van der Waals surface area contributed by atoms with Crippen LogP contribution in [0.3, 0.4) is 0 Å². The van der Waals surface area contributed by atoms with Gasteiger partial charge in [0.05, 0.1) is 11.1 Å². The smallest absolute Gasteiger partial charge is 0.286 e. The van der Waals surface area contributed by atoms with E-state index in [4.69, 9.17) is 0 Å². The highest BCUT2D eigenvalue weighted by molar-refractivity contribution is 7.90. The number of nitrogens with one attached hydrogen (secondary N) is 2. The molecule has 0 saturated carbocycles. The van der Waals surface area contributed by atoms with Crippen molar-refractivity contribution in [3.8, 4) is 5.75 Å². The van der Waals surface area contributed by atoms with E-state index in [-0.39, 0.29) is 39.4 Å². The van der Waals surface area contributed by atoms with Crippen LogP contribution in [0.15, 0.2) is 56.7 Å². The van der Waals surface area contributed by atoms with E-state index in [2.05, 4.69) is 34.0 Å². The number of fused-ring (bicyclic) bond motifs is 2. The van der Waals surface area contributed by atoms with Gasteiger partial charge < -0.3 is 15.8 Å². The van der Waals surface area contributed by atoms with Crippen LogP contribution in [0.25, 0.3) is 11.0 Å². The summed E-state index contributed by atoms with van der Waals surface area (Å²) in [5.74, 6) is -0.602. The molecule has 1 aromatic carbocycles. The molecule has 0 aliphatic carbocycles. The third kappa shape index (κ3) is 3.81. The molecular formula is C22H25N5O4S. The van der Waals surface area contributed by atoms with Gasteiger partial charge in [-0.25, -0.2) is 9.66 Å². The average Bonchev–Trinajstić information content (AvgIpc) is 2.76. The van der Waals surface area contributed by atoms with Gasteiger partial charge in [-0.3, -0.25) is 4.79 Å². The van der Waals surface area contributed by atoms with Gasteiger partial charge in [-0.05, 0) is 37.1 Å². The molecule has 0 bridgehead atoms. The van der Waals surface area contributed by atoms with Crippen molar-refractivity contribution in [3.05, 3.63) is 58.5 Å². The van der Waals surface area contributed by atoms with Crippen molar-refractivity contribution < 1.29 is 13.5 Å². The van der Waals surface area contributed by atoms with Gasteiger partial charge in [0, 0.05) is 12.2 Å². The third-order valence-corrected chi connectivity index (χ3v) is 6.69. The van der Waals surface area contributed by atoms with Crippen molar-refractivity contribution >= 4 is 32.6 Å². The van der Waals surface area contributed by atoms with E-state index in [1.165, 1.54) is 16.9 Å². The fraction of sp³-hybridized carbons (Fsp3) is 0.318. The minimum Gasteiger partial charge on any atom is -0.506 e. The first-order valence-electron chi connectivity index (χ1n) is 10.6. The van der Waals surface area contributed by atoms with Gasteiger partial charge in [0.15, 0.2) is 11.5 Å². The standard InChI is InChI=1S/C22H25N5O4S/c1-3-8-14(9-4-2)25-27-21-15(10-7-13-23-21)19(28)18(22(27)29)20-24-16-11-5-6-12-17(16)32(30,31)26-20/h5-7,10-14,25,28H,3-4,8-9H2,1-2H3,(H,24,26). The Kier molecular flexibility index (Phi) is 5.88. The zero-order chi connectivity index (χ0) is 22.9. The minimum atomic E-state index is -4.05. The molecule has 168 valence electrons. The summed E-state index contributed by atoms with van der Waals surface area (Å²) in [7, 11) is -4.05. The summed E-state index contributed by atoms with van der Waals surface area (Å²) in [6.07, 6.45) is 5.06. The summed E-state index contributed by atoms with van der Waals surface area (Å²) in [6.45, 7) is 4.13. The van der Waals surface area contributed by atoms with Crippen molar-refractivity contribution in [1.82, 2.24) is 9.66 Å². The molecule has 0 atom stereocenters. The van der Waals surface area contributed by atoms with E-state index in [1.807, 2.05) is 0 Å². The maximum absolute atomic E-state index is 13.6. The molecule has 0 unspecified atom stereocenters. The van der Waals surface area contributed by atoms with Crippen molar-refractivity contribution in [2.75, 3.05) is 10.7 Å². The molecule has 0 fully saturated rings. The van der Waals surface area contributed by atoms with Crippen LogP contribution in [0.5, 0.6) is 5.75 Å². The van der Waals surface area contributed by atoms with Gasteiger partial charge in [0.25, 0.3) is 15.6 Å². The number of nitrogens with zero attached hydrogens (tertiary/aromatic N) is 3. The molecule has 0 radical (unpaired) electrons. The maximum Gasteiger partial charge on any atom is 0.286 e. The molecule has 0 spiro atoms. The Bertz CT molecular complexity index is 1360. The van der Waals surface area contributed by atoms with Crippen LogP contribution in [0.1, 0.15) is 45.1 Å². The SMILES string of the molecule is CCCC(CCC)Nn1c(=O)c(C2=NS(=O)(=O)c3ccccc3N2)c(O)c2cccnc21. The Hall–Kier alpha value is -3.40. The Morgan fingerprint density at radius 1 is 1.12 bits per heavy atom. The lowest BCUT2D eigenvalue weighted by Gasteiger charge is -2.23. The number of rotatable bonds is 7. The van der Waals surface area contributed by atoms with E-state index in [1.54, 1.807) is 30.3 Å². The minimum absolute atomic E-state index is 0.00935. The molecule has 9 nitrogen and oxygen atoms in total. The molecule has 3 heterocycles. The first-order valence-corrected chi connectivity index (χ1v) is 12.0. The number of sulfonamides is 1. The molecule has 10 heteroatoms. The van der Waals surface area contributed by atoms with Gasteiger partial charge in [0.1, 0.15) is 16.2 Å². The topological polar surface area (TPSA) is 126 Å². The Balaban J connectivity index is 1.94. The number of amidine groups is 1. The number of hydrogen-bond acceptors (Lipinski definition) is 7. The summed E-state index contributed by atoms with van der Waals surface area (Å²) in [6, 6.07) is 9.55. The first-order chi connectivity index (χ1) is 15.4. The fourth-order valence-corrected chi connectivity index (χ4v) is 5.04. The quantitative estimate of drug-likeness (QED) is 0.499. The summed E-state index contributed by atoms with van der Waals surface area (Å²) in [5.41, 5.74) is 2.92. The normalized spacial score (nSPS) is 14.7. The first kappa shape index (κ1) is 21.8. The van der Waals surface area contributed by atoms with Crippen molar-refractivity contribution in [2.45, 2.75) is 50.5 Å². The Labute approximate surface area is 185 Å². The van der Waals surface area contributed by atoms with Crippen LogP contribution in [0.2, 0.25) is 0 Å². The lowest BCUT2D eigenvalue weighted by atomic mass is 10.1. The predicted molar refractivity (Wildman–Crippen MR) is 124 cm³/mol. The number of benzene rings is 1. The number of pyridine rings is 2. The maximum atomic E-state index is 13.6.